The minimum absolute atomic E-state index is 0.153. The molecule has 0 aliphatic rings. The van der Waals surface area contributed by atoms with Crippen LogP contribution in [-0.4, -0.2) is 20.9 Å². The number of nitrogens with one attached hydrogen (secondary N) is 2. The first-order valence-electron chi connectivity index (χ1n) is 6.79. The van der Waals surface area contributed by atoms with Crippen LogP contribution in [0.15, 0.2) is 65.5 Å². The van der Waals surface area contributed by atoms with Crippen LogP contribution in [0.1, 0.15) is 16.1 Å². The van der Waals surface area contributed by atoms with Gasteiger partial charge in [0.25, 0.3) is 11.5 Å². The molecule has 1 heterocycles. The molecule has 22 heavy (non-hydrogen) atoms. The van der Waals surface area contributed by atoms with Crippen molar-refractivity contribution in [3.05, 3.63) is 82.3 Å². The summed E-state index contributed by atoms with van der Waals surface area (Å²) >= 11 is 0. The molecule has 1 aromatic heterocycles. The second-order valence-corrected chi connectivity index (χ2v) is 4.76. The zero-order valence-corrected chi connectivity index (χ0v) is 11.7. The summed E-state index contributed by atoms with van der Waals surface area (Å²) in [7, 11) is 0. The Bertz CT molecular complexity index is 822. The molecule has 3 aromatic rings. The Morgan fingerprint density at radius 3 is 2.36 bits per heavy atom. The van der Waals surface area contributed by atoms with E-state index in [4.69, 9.17) is 0 Å². The second kappa shape index (κ2) is 6.09. The van der Waals surface area contributed by atoms with Gasteiger partial charge in [-0.25, -0.2) is 9.90 Å². The number of hydrogen-bond acceptors (Lipinski definition) is 3. The number of carbonyl (C=O) groups excluding carboxylic acids is 1. The third kappa shape index (κ3) is 2.95. The minimum atomic E-state index is -0.528. The number of H-pyrrole nitrogens is 1. The minimum Gasteiger partial charge on any atom is -0.320 e. The zero-order valence-electron chi connectivity index (χ0n) is 11.7. The molecule has 1 amide bonds. The van der Waals surface area contributed by atoms with Gasteiger partial charge >= 0.3 is 0 Å². The summed E-state index contributed by atoms with van der Waals surface area (Å²) < 4.78 is 1.30. The van der Waals surface area contributed by atoms with Crippen molar-refractivity contribution >= 4 is 11.6 Å². The number of anilines is 1. The van der Waals surface area contributed by atoms with E-state index in [1.807, 2.05) is 36.4 Å². The maximum absolute atomic E-state index is 12.2. The number of rotatable bonds is 4. The number of carbonyl (C=O) groups is 1. The Kier molecular flexibility index (Phi) is 3.82. The summed E-state index contributed by atoms with van der Waals surface area (Å²) in [5.74, 6) is -0.528. The van der Waals surface area contributed by atoms with Gasteiger partial charge in [-0.15, -0.1) is 5.10 Å². The number of aromatic nitrogens is 3. The predicted molar refractivity (Wildman–Crippen MR) is 82.8 cm³/mol. The summed E-state index contributed by atoms with van der Waals surface area (Å²) in [6.45, 7) is 0.339. The van der Waals surface area contributed by atoms with Gasteiger partial charge in [-0.3, -0.25) is 9.59 Å². The first-order chi connectivity index (χ1) is 10.7. The molecule has 0 atom stereocenters. The molecule has 0 radical (unpaired) electrons. The molecule has 0 bridgehead atoms. The fourth-order valence-electron chi connectivity index (χ4n) is 2.06. The van der Waals surface area contributed by atoms with Gasteiger partial charge in [0, 0.05) is 5.69 Å². The Morgan fingerprint density at radius 1 is 1.05 bits per heavy atom. The molecule has 2 N–H and O–H groups in total. The maximum Gasteiger partial charge on any atom is 0.300 e. The quantitative estimate of drug-likeness (QED) is 0.771. The molecule has 0 saturated heterocycles. The molecular formula is C16H14N4O2. The van der Waals surface area contributed by atoms with Gasteiger partial charge in [-0.2, -0.15) is 0 Å². The van der Waals surface area contributed by atoms with Crippen molar-refractivity contribution in [2.24, 2.45) is 0 Å². The van der Waals surface area contributed by atoms with Crippen molar-refractivity contribution in [2.45, 2.75) is 6.54 Å². The Hall–Kier alpha value is -3.15. The molecule has 6 nitrogen and oxygen atoms in total. The number of hydrogen-bond donors (Lipinski definition) is 2. The van der Waals surface area contributed by atoms with Crippen molar-refractivity contribution in [2.75, 3.05) is 5.32 Å². The van der Waals surface area contributed by atoms with E-state index in [0.29, 0.717) is 12.2 Å². The largest absolute Gasteiger partial charge is 0.320 e. The Morgan fingerprint density at radius 2 is 1.68 bits per heavy atom. The third-order valence-electron chi connectivity index (χ3n) is 3.16. The van der Waals surface area contributed by atoms with Gasteiger partial charge in [0.15, 0.2) is 0 Å². The lowest BCUT2D eigenvalue weighted by molar-refractivity contribution is 0.102. The van der Waals surface area contributed by atoms with Crippen LogP contribution in [0.3, 0.4) is 0 Å². The summed E-state index contributed by atoms with van der Waals surface area (Å²) in [6.07, 6.45) is 0. The first-order valence-corrected chi connectivity index (χ1v) is 6.79. The van der Waals surface area contributed by atoms with Gasteiger partial charge in [0.2, 0.25) is 5.69 Å². The monoisotopic (exact) mass is 294 g/mol. The van der Waals surface area contributed by atoms with Crippen LogP contribution < -0.4 is 10.9 Å². The number of aromatic amines is 1. The van der Waals surface area contributed by atoms with Crippen molar-refractivity contribution in [1.29, 1.82) is 0 Å². The molecule has 110 valence electrons. The molecule has 0 fully saturated rings. The SMILES string of the molecule is O=C(Nc1ccccc1)c1n[nH]n(Cc2ccccc2)c1=O. The average molecular weight is 294 g/mol. The molecule has 2 aromatic carbocycles. The van der Waals surface area contributed by atoms with Gasteiger partial charge < -0.3 is 5.32 Å². The highest BCUT2D eigenvalue weighted by Crippen LogP contribution is 2.06. The zero-order chi connectivity index (χ0) is 15.4. The van der Waals surface area contributed by atoms with Crippen molar-refractivity contribution < 1.29 is 4.79 Å². The van der Waals surface area contributed by atoms with Crippen LogP contribution in [0.2, 0.25) is 0 Å². The highest BCUT2D eigenvalue weighted by molar-refractivity contribution is 6.02. The van der Waals surface area contributed by atoms with Gasteiger partial charge in [-0.05, 0) is 17.7 Å². The maximum atomic E-state index is 12.2. The standard InChI is InChI=1S/C16H14N4O2/c21-15(17-13-9-5-2-6-10-13)14-16(22)20(19-18-14)11-12-7-3-1-4-8-12/h1-10,19H,11H2,(H,17,21). The molecule has 6 heteroatoms. The van der Waals surface area contributed by atoms with E-state index in [9.17, 15) is 9.59 Å². The van der Waals surface area contributed by atoms with Crippen molar-refractivity contribution in [3.8, 4) is 0 Å². The van der Waals surface area contributed by atoms with Crippen molar-refractivity contribution in [3.63, 3.8) is 0 Å². The highest BCUT2D eigenvalue weighted by atomic mass is 16.2. The Balaban J connectivity index is 1.78. The highest BCUT2D eigenvalue weighted by Gasteiger charge is 2.16. The van der Waals surface area contributed by atoms with Gasteiger partial charge in [0.05, 0.1) is 6.54 Å². The number of benzene rings is 2. The lowest BCUT2D eigenvalue weighted by Gasteiger charge is -2.01. The van der Waals surface area contributed by atoms with E-state index in [0.717, 1.165) is 5.56 Å². The topological polar surface area (TPSA) is 79.8 Å². The molecule has 0 unspecified atom stereocenters. The van der Waals surface area contributed by atoms with Crippen LogP contribution >= 0.6 is 0 Å². The van der Waals surface area contributed by atoms with Crippen LogP contribution in [0.5, 0.6) is 0 Å². The molecule has 0 aliphatic heterocycles. The molecule has 0 spiro atoms. The van der Waals surface area contributed by atoms with E-state index in [2.05, 4.69) is 15.6 Å². The van der Waals surface area contributed by atoms with E-state index in [1.54, 1.807) is 24.3 Å². The van der Waals surface area contributed by atoms with Crippen LogP contribution in [0.25, 0.3) is 0 Å². The first kappa shape index (κ1) is 13.8. The van der Waals surface area contributed by atoms with E-state index < -0.39 is 11.5 Å². The summed E-state index contributed by atoms with van der Waals surface area (Å²) in [4.78, 5) is 24.3. The summed E-state index contributed by atoms with van der Waals surface area (Å²) in [6, 6.07) is 18.4. The summed E-state index contributed by atoms with van der Waals surface area (Å²) in [5, 5.41) is 9.05. The molecular weight excluding hydrogens is 280 g/mol. The average Bonchev–Trinajstić information content (AvgIpc) is 2.90. The second-order valence-electron chi connectivity index (χ2n) is 4.76. The predicted octanol–water partition coefficient (Wildman–Crippen LogP) is 1.87. The number of nitrogens with zero attached hydrogens (tertiary/aromatic N) is 2. The third-order valence-corrected chi connectivity index (χ3v) is 3.16. The van der Waals surface area contributed by atoms with E-state index in [1.165, 1.54) is 4.68 Å². The van der Waals surface area contributed by atoms with Gasteiger partial charge in [-0.1, -0.05) is 48.5 Å². The lowest BCUT2D eigenvalue weighted by Crippen LogP contribution is -2.25. The number of para-hydroxylation sites is 1. The molecule has 0 saturated carbocycles. The van der Waals surface area contributed by atoms with E-state index >= 15 is 0 Å². The molecule has 3 rings (SSSR count). The van der Waals surface area contributed by atoms with Crippen molar-refractivity contribution in [1.82, 2.24) is 15.0 Å². The normalized spacial score (nSPS) is 10.4. The Labute approximate surface area is 126 Å². The fourth-order valence-corrected chi connectivity index (χ4v) is 2.06. The lowest BCUT2D eigenvalue weighted by atomic mass is 10.2. The van der Waals surface area contributed by atoms with Crippen LogP contribution in [0.4, 0.5) is 5.69 Å². The van der Waals surface area contributed by atoms with Crippen LogP contribution in [-0.2, 0) is 6.54 Å². The van der Waals surface area contributed by atoms with Gasteiger partial charge in [0.1, 0.15) is 0 Å². The summed E-state index contributed by atoms with van der Waals surface area (Å²) in [5.41, 5.74) is 0.963. The molecule has 0 aliphatic carbocycles. The van der Waals surface area contributed by atoms with E-state index in [-0.39, 0.29) is 5.69 Å². The van der Waals surface area contributed by atoms with Crippen LogP contribution in [0, 0.1) is 0 Å². The fraction of sp³-hybridized carbons (Fsp3) is 0.0625. The smallest absolute Gasteiger partial charge is 0.300 e. The number of amides is 1.